The highest BCUT2D eigenvalue weighted by molar-refractivity contribution is 5.92. The third-order valence-electron chi connectivity index (χ3n) is 5.40. The van der Waals surface area contributed by atoms with Gasteiger partial charge in [0.15, 0.2) is 0 Å². The van der Waals surface area contributed by atoms with E-state index in [1.165, 1.54) is 4.90 Å². The Morgan fingerprint density at radius 1 is 1.08 bits per heavy atom. The lowest BCUT2D eigenvalue weighted by molar-refractivity contribution is -0.146. The lowest BCUT2D eigenvalue weighted by atomic mass is 9.93. The molecule has 0 unspecified atom stereocenters. The number of nitrogens with zero attached hydrogens (tertiary/aromatic N) is 2. The number of nitrogens with two attached hydrogens (primary N) is 1. The molecule has 2 aliphatic heterocycles. The van der Waals surface area contributed by atoms with Crippen LogP contribution in [0.4, 0.5) is 4.79 Å². The molecule has 2 N–H and O–H groups in total. The van der Waals surface area contributed by atoms with Crippen molar-refractivity contribution < 1.29 is 19.1 Å². The van der Waals surface area contributed by atoms with Crippen LogP contribution in [0.25, 0.3) is 0 Å². The Bertz CT molecular complexity index is 557. The molecule has 3 amide bonds. The SMILES string of the molecule is CC(C)(C)OC(=O)N1CC[C@@H]1C(=O)N1C[C@@H]2CCC[C@H]2[C@@H]1C(N)=O. The van der Waals surface area contributed by atoms with Crippen LogP contribution in [0.1, 0.15) is 46.5 Å². The van der Waals surface area contributed by atoms with Gasteiger partial charge in [-0.2, -0.15) is 0 Å². The van der Waals surface area contributed by atoms with Crippen LogP contribution in [0, 0.1) is 11.8 Å². The van der Waals surface area contributed by atoms with E-state index in [-0.39, 0.29) is 11.8 Å². The highest BCUT2D eigenvalue weighted by Crippen LogP contribution is 2.43. The summed E-state index contributed by atoms with van der Waals surface area (Å²) in [7, 11) is 0. The van der Waals surface area contributed by atoms with Crippen LogP contribution in [-0.4, -0.2) is 58.5 Å². The third kappa shape index (κ3) is 2.96. The van der Waals surface area contributed by atoms with Gasteiger partial charge in [-0.25, -0.2) is 4.79 Å². The summed E-state index contributed by atoms with van der Waals surface area (Å²) in [5, 5.41) is 0. The number of ether oxygens (including phenoxy) is 1. The van der Waals surface area contributed by atoms with Crippen LogP contribution in [0.5, 0.6) is 0 Å². The number of amides is 3. The molecule has 24 heavy (non-hydrogen) atoms. The smallest absolute Gasteiger partial charge is 0.410 e. The summed E-state index contributed by atoms with van der Waals surface area (Å²) in [5.74, 6) is -0.0470. The average Bonchev–Trinajstić information content (AvgIpc) is 2.93. The summed E-state index contributed by atoms with van der Waals surface area (Å²) < 4.78 is 5.36. The van der Waals surface area contributed by atoms with E-state index in [2.05, 4.69) is 0 Å². The maximum Gasteiger partial charge on any atom is 0.410 e. The van der Waals surface area contributed by atoms with Gasteiger partial charge in [0.2, 0.25) is 11.8 Å². The summed E-state index contributed by atoms with van der Waals surface area (Å²) in [6.07, 6.45) is 3.22. The Balaban J connectivity index is 1.70. The van der Waals surface area contributed by atoms with Crippen LogP contribution >= 0.6 is 0 Å². The zero-order chi connectivity index (χ0) is 17.6. The molecule has 0 bridgehead atoms. The highest BCUT2D eigenvalue weighted by Gasteiger charge is 2.52. The largest absolute Gasteiger partial charge is 0.444 e. The Morgan fingerprint density at radius 3 is 2.33 bits per heavy atom. The van der Waals surface area contributed by atoms with E-state index in [1.807, 2.05) is 0 Å². The lowest BCUT2D eigenvalue weighted by Gasteiger charge is -2.42. The molecule has 7 nitrogen and oxygen atoms in total. The fourth-order valence-electron chi connectivity index (χ4n) is 4.27. The first-order valence-corrected chi connectivity index (χ1v) is 8.78. The molecule has 2 heterocycles. The van der Waals surface area contributed by atoms with Gasteiger partial charge in [0, 0.05) is 13.1 Å². The number of hydrogen-bond donors (Lipinski definition) is 1. The molecular weight excluding hydrogens is 310 g/mol. The van der Waals surface area contributed by atoms with Crippen molar-refractivity contribution >= 4 is 17.9 Å². The standard InChI is InChI=1S/C17H27N3O4/c1-17(2,3)24-16(23)19-8-7-12(19)15(22)20-9-10-5-4-6-11(10)13(20)14(18)21/h10-13H,4-9H2,1-3H3,(H2,18,21)/t10-,11+,12+,13+/m0/s1. The summed E-state index contributed by atoms with van der Waals surface area (Å²) in [6, 6.07) is -1.05. The third-order valence-corrected chi connectivity index (χ3v) is 5.40. The first kappa shape index (κ1) is 17.0. The minimum Gasteiger partial charge on any atom is -0.444 e. The van der Waals surface area contributed by atoms with E-state index >= 15 is 0 Å². The molecule has 134 valence electrons. The van der Waals surface area contributed by atoms with Gasteiger partial charge in [-0.05, 0) is 51.9 Å². The number of hydrogen-bond acceptors (Lipinski definition) is 4. The molecule has 3 aliphatic rings. The van der Waals surface area contributed by atoms with Gasteiger partial charge in [-0.3, -0.25) is 14.5 Å². The average molecular weight is 337 g/mol. The van der Waals surface area contributed by atoms with Gasteiger partial charge in [-0.1, -0.05) is 6.42 Å². The number of rotatable bonds is 2. The minimum absolute atomic E-state index is 0.162. The van der Waals surface area contributed by atoms with Crippen molar-refractivity contribution in [2.45, 2.75) is 64.1 Å². The zero-order valence-electron chi connectivity index (χ0n) is 14.7. The van der Waals surface area contributed by atoms with Crippen LogP contribution in [0.3, 0.4) is 0 Å². The predicted molar refractivity (Wildman–Crippen MR) is 86.9 cm³/mol. The lowest BCUT2D eigenvalue weighted by Crippen LogP contribution is -2.61. The molecule has 0 spiro atoms. The summed E-state index contributed by atoms with van der Waals surface area (Å²) in [6.45, 7) is 6.48. The molecule has 0 radical (unpaired) electrons. The first-order valence-electron chi connectivity index (χ1n) is 8.78. The van der Waals surface area contributed by atoms with E-state index in [1.54, 1.807) is 25.7 Å². The zero-order valence-corrected chi connectivity index (χ0v) is 14.7. The first-order chi connectivity index (χ1) is 11.2. The van der Waals surface area contributed by atoms with Crippen molar-refractivity contribution in [2.75, 3.05) is 13.1 Å². The van der Waals surface area contributed by atoms with Gasteiger partial charge in [0.1, 0.15) is 17.7 Å². The molecule has 0 aromatic carbocycles. The molecule has 3 fully saturated rings. The highest BCUT2D eigenvalue weighted by atomic mass is 16.6. The summed E-state index contributed by atoms with van der Waals surface area (Å²) in [4.78, 5) is 40.1. The normalized spacial score (nSPS) is 32.3. The maximum absolute atomic E-state index is 12.9. The molecule has 4 atom stereocenters. The minimum atomic E-state index is -0.597. The Hall–Kier alpha value is -1.79. The molecule has 0 aromatic rings. The van der Waals surface area contributed by atoms with Crippen LogP contribution < -0.4 is 5.73 Å². The van der Waals surface area contributed by atoms with Gasteiger partial charge in [0.25, 0.3) is 0 Å². The van der Waals surface area contributed by atoms with Crippen molar-refractivity contribution in [1.82, 2.24) is 9.80 Å². The molecule has 1 aliphatic carbocycles. The van der Waals surface area contributed by atoms with Crippen molar-refractivity contribution in [3.05, 3.63) is 0 Å². The summed E-state index contributed by atoms with van der Waals surface area (Å²) in [5.41, 5.74) is 4.98. The van der Waals surface area contributed by atoms with Crippen molar-refractivity contribution in [1.29, 1.82) is 0 Å². The van der Waals surface area contributed by atoms with Crippen molar-refractivity contribution in [2.24, 2.45) is 17.6 Å². The molecule has 0 aromatic heterocycles. The molecule has 7 heteroatoms. The van der Waals surface area contributed by atoms with E-state index in [9.17, 15) is 14.4 Å². The van der Waals surface area contributed by atoms with Gasteiger partial charge in [-0.15, -0.1) is 0 Å². The van der Waals surface area contributed by atoms with E-state index in [4.69, 9.17) is 10.5 Å². The molecular formula is C17H27N3O4. The second-order valence-corrected chi connectivity index (χ2v) is 8.17. The number of primary amides is 1. The second-order valence-electron chi connectivity index (χ2n) is 8.17. The predicted octanol–water partition coefficient (Wildman–Crippen LogP) is 1.11. The van der Waals surface area contributed by atoms with Crippen LogP contribution in [-0.2, 0) is 14.3 Å². The van der Waals surface area contributed by atoms with Crippen molar-refractivity contribution in [3.8, 4) is 0 Å². The molecule has 3 rings (SSSR count). The van der Waals surface area contributed by atoms with E-state index in [0.29, 0.717) is 25.4 Å². The number of carbonyl (C=O) groups excluding carboxylic acids is 3. The van der Waals surface area contributed by atoms with E-state index < -0.39 is 29.7 Å². The Morgan fingerprint density at radius 2 is 1.79 bits per heavy atom. The Labute approximate surface area is 142 Å². The summed E-state index contributed by atoms with van der Waals surface area (Å²) >= 11 is 0. The Kier molecular flexibility index (Phi) is 4.21. The van der Waals surface area contributed by atoms with Gasteiger partial charge in [0.05, 0.1) is 0 Å². The van der Waals surface area contributed by atoms with Crippen LogP contribution in [0.2, 0.25) is 0 Å². The van der Waals surface area contributed by atoms with Gasteiger partial charge >= 0.3 is 6.09 Å². The molecule has 2 saturated heterocycles. The van der Waals surface area contributed by atoms with E-state index in [0.717, 1.165) is 19.3 Å². The quantitative estimate of drug-likeness (QED) is 0.817. The fraction of sp³-hybridized carbons (Fsp3) is 0.824. The second kappa shape index (κ2) is 5.93. The molecule has 1 saturated carbocycles. The number of likely N-dealkylation sites (tertiary alicyclic amines) is 2. The maximum atomic E-state index is 12.9. The number of carbonyl (C=O) groups is 3. The number of fused-ring (bicyclic) bond motifs is 1. The van der Waals surface area contributed by atoms with Crippen LogP contribution in [0.15, 0.2) is 0 Å². The fourth-order valence-corrected chi connectivity index (χ4v) is 4.27. The van der Waals surface area contributed by atoms with Crippen molar-refractivity contribution in [3.63, 3.8) is 0 Å². The monoisotopic (exact) mass is 337 g/mol. The topological polar surface area (TPSA) is 92.9 Å². The van der Waals surface area contributed by atoms with Gasteiger partial charge < -0.3 is 15.4 Å².